The molecule has 4 nitrogen and oxygen atoms in total. The van der Waals surface area contributed by atoms with Crippen molar-refractivity contribution in [1.29, 1.82) is 0 Å². The fourth-order valence-electron chi connectivity index (χ4n) is 1.33. The minimum atomic E-state index is -1.38. The molecule has 1 amide bonds. The fraction of sp³-hybridized carbons (Fsp3) is 0.250. The van der Waals surface area contributed by atoms with E-state index >= 15 is 0 Å². The van der Waals surface area contributed by atoms with Crippen LogP contribution in [0.15, 0.2) is 34.9 Å². The second kappa shape index (κ2) is 3.64. The van der Waals surface area contributed by atoms with Gasteiger partial charge in [-0.2, -0.15) is 0 Å². The topological polar surface area (TPSA) is 62.5 Å². The van der Waals surface area contributed by atoms with Gasteiger partial charge in [-0.15, -0.1) is 0 Å². The minimum Gasteiger partial charge on any atom is -0.464 e. The number of carbonyl (C=O) groups excluding carboxylic acids is 1. The highest BCUT2D eigenvalue weighted by molar-refractivity contribution is 5.98. The van der Waals surface area contributed by atoms with Crippen LogP contribution in [-0.2, 0) is 4.79 Å². The number of hydrogen-bond acceptors (Lipinski definition) is 3. The van der Waals surface area contributed by atoms with Crippen LogP contribution >= 0.6 is 0 Å². The Bertz CT molecular complexity index is 522. The van der Waals surface area contributed by atoms with Crippen LogP contribution in [0.2, 0.25) is 0 Å². The van der Waals surface area contributed by atoms with Gasteiger partial charge in [0.1, 0.15) is 11.2 Å². The van der Waals surface area contributed by atoms with Gasteiger partial charge in [0, 0.05) is 11.1 Å². The molecule has 2 aromatic rings. The van der Waals surface area contributed by atoms with Crippen molar-refractivity contribution < 1.29 is 14.3 Å². The van der Waals surface area contributed by atoms with Crippen LogP contribution in [0.1, 0.15) is 13.8 Å². The Kier molecular flexibility index (Phi) is 2.44. The van der Waals surface area contributed by atoms with Gasteiger partial charge in [-0.25, -0.2) is 0 Å². The summed E-state index contributed by atoms with van der Waals surface area (Å²) in [6.07, 6.45) is 1.59. The number of nitrogens with one attached hydrogen (secondary N) is 1. The van der Waals surface area contributed by atoms with Gasteiger partial charge >= 0.3 is 0 Å². The summed E-state index contributed by atoms with van der Waals surface area (Å²) >= 11 is 0. The summed E-state index contributed by atoms with van der Waals surface area (Å²) < 4.78 is 5.18. The lowest BCUT2D eigenvalue weighted by atomic mass is 10.1. The Labute approximate surface area is 92.9 Å². The molecule has 0 unspecified atom stereocenters. The van der Waals surface area contributed by atoms with E-state index < -0.39 is 11.5 Å². The van der Waals surface area contributed by atoms with E-state index in [2.05, 4.69) is 5.32 Å². The summed E-state index contributed by atoms with van der Waals surface area (Å²) in [6.45, 7) is 2.89. The van der Waals surface area contributed by atoms with Gasteiger partial charge in [0.15, 0.2) is 0 Å². The van der Waals surface area contributed by atoms with Gasteiger partial charge in [0.2, 0.25) is 0 Å². The van der Waals surface area contributed by atoms with Crippen molar-refractivity contribution in [2.75, 3.05) is 5.32 Å². The van der Waals surface area contributed by atoms with E-state index in [1.165, 1.54) is 13.8 Å². The van der Waals surface area contributed by atoms with Gasteiger partial charge in [-0.3, -0.25) is 4.79 Å². The molecule has 1 aromatic carbocycles. The third-order valence-electron chi connectivity index (χ3n) is 2.27. The van der Waals surface area contributed by atoms with E-state index in [-0.39, 0.29) is 0 Å². The molecule has 1 aromatic heterocycles. The highest BCUT2D eigenvalue weighted by Gasteiger charge is 2.23. The number of carbonyl (C=O) groups is 1. The van der Waals surface area contributed by atoms with Crippen molar-refractivity contribution in [3.63, 3.8) is 0 Å². The molecule has 0 bridgehead atoms. The van der Waals surface area contributed by atoms with Crippen LogP contribution in [0, 0.1) is 0 Å². The molecular weight excluding hydrogens is 206 g/mol. The Hall–Kier alpha value is -1.81. The minimum absolute atomic E-state index is 0.435. The van der Waals surface area contributed by atoms with Gasteiger partial charge in [-0.05, 0) is 38.1 Å². The molecule has 0 saturated carbocycles. The Balaban J connectivity index is 2.24. The SMILES string of the molecule is CC(C)(O)C(=O)Nc1ccc2occc2c1. The molecule has 2 N–H and O–H groups in total. The quantitative estimate of drug-likeness (QED) is 0.813. The summed E-state index contributed by atoms with van der Waals surface area (Å²) in [4.78, 5) is 11.5. The van der Waals surface area contributed by atoms with E-state index in [9.17, 15) is 9.90 Å². The van der Waals surface area contributed by atoms with E-state index in [1.807, 2.05) is 6.07 Å². The van der Waals surface area contributed by atoms with Crippen LogP contribution < -0.4 is 5.32 Å². The highest BCUT2D eigenvalue weighted by Crippen LogP contribution is 2.20. The largest absolute Gasteiger partial charge is 0.464 e. The van der Waals surface area contributed by atoms with Gasteiger partial charge in [0.05, 0.1) is 6.26 Å². The number of aliphatic hydroxyl groups is 1. The molecule has 0 atom stereocenters. The van der Waals surface area contributed by atoms with Crippen molar-refractivity contribution in [3.05, 3.63) is 30.5 Å². The highest BCUT2D eigenvalue weighted by atomic mass is 16.3. The second-order valence-electron chi connectivity index (χ2n) is 4.19. The third kappa shape index (κ3) is 2.06. The summed E-state index contributed by atoms with van der Waals surface area (Å²) in [5.41, 5.74) is 0.0213. The van der Waals surface area contributed by atoms with Gasteiger partial charge in [0.25, 0.3) is 5.91 Å². The number of furan rings is 1. The number of rotatable bonds is 2. The van der Waals surface area contributed by atoms with E-state index in [0.29, 0.717) is 5.69 Å². The molecule has 0 fully saturated rings. The maximum atomic E-state index is 11.5. The summed E-state index contributed by atoms with van der Waals surface area (Å²) in [5.74, 6) is -0.435. The zero-order valence-electron chi connectivity index (χ0n) is 9.15. The molecular formula is C12H13NO3. The average molecular weight is 219 g/mol. The number of fused-ring (bicyclic) bond motifs is 1. The Morgan fingerprint density at radius 2 is 2.12 bits per heavy atom. The predicted octanol–water partition coefficient (Wildman–Crippen LogP) is 2.14. The Morgan fingerprint density at radius 3 is 2.81 bits per heavy atom. The summed E-state index contributed by atoms with van der Waals surface area (Å²) in [6, 6.07) is 7.11. The van der Waals surface area contributed by atoms with Gasteiger partial charge < -0.3 is 14.8 Å². The molecule has 2 rings (SSSR count). The van der Waals surface area contributed by atoms with Crippen molar-refractivity contribution in [1.82, 2.24) is 0 Å². The average Bonchev–Trinajstić information content (AvgIpc) is 2.63. The van der Waals surface area contributed by atoms with Crippen LogP contribution in [-0.4, -0.2) is 16.6 Å². The molecule has 0 saturated heterocycles. The fourth-order valence-corrected chi connectivity index (χ4v) is 1.33. The van der Waals surface area contributed by atoms with Crippen molar-refractivity contribution in [2.24, 2.45) is 0 Å². The molecule has 0 aliphatic rings. The molecule has 16 heavy (non-hydrogen) atoms. The zero-order chi connectivity index (χ0) is 11.8. The lowest BCUT2D eigenvalue weighted by Crippen LogP contribution is -2.36. The summed E-state index contributed by atoms with van der Waals surface area (Å²) in [5, 5.41) is 13.0. The maximum absolute atomic E-state index is 11.5. The second-order valence-corrected chi connectivity index (χ2v) is 4.19. The summed E-state index contributed by atoms with van der Waals surface area (Å²) in [7, 11) is 0. The first-order chi connectivity index (χ1) is 7.47. The zero-order valence-corrected chi connectivity index (χ0v) is 9.15. The lowest BCUT2D eigenvalue weighted by molar-refractivity contribution is -0.130. The number of benzene rings is 1. The Morgan fingerprint density at radius 1 is 1.38 bits per heavy atom. The number of hydrogen-bond donors (Lipinski definition) is 2. The van der Waals surface area contributed by atoms with E-state index in [4.69, 9.17) is 4.42 Å². The monoisotopic (exact) mass is 219 g/mol. The molecule has 4 heteroatoms. The molecule has 84 valence electrons. The third-order valence-corrected chi connectivity index (χ3v) is 2.27. The molecule has 0 radical (unpaired) electrons. The number of amides is 1. The van der Waals surface area contributed by atoms with E-state index in [0.717, 1.165) is 11.0 Å². The smallest absolute Gasteiger partial charge is 0.255 e. The van der Waals surface area contributed by atoms with Crippen LogP contribution in [0.4, 0.5) is 5.69 Å². The standard InChI is InChI=1S/C12H13NO3/c1-12(2,15)11(14)13-9-3-4-10-8(7-9)5-6-16-10/h3-7,15H,1-2H3,(H,13,14). The normalized spacial score (nSPS) is 11.7. The van der Waals surface area contributed by atoms with Crippen LogP contribution in [0.5, 0.6) is 0 Å². The predicted molar refractivity (Wildman–Crippen MR) is 61.1 cm³/mol. The first-order valence-corrected chi connectivity index (χ1v) is 4.98. The van der Waals surface area contributed by atoms with Crippen molar-refractivity contribution >= 4 is 22.6 Å². The molecule has 0 aliphatic heterocycles. The first-order valence-electron chi connectivity index (χ1n) is 4.98. The number of anilines is 1. The molecule has 1 heterocycles. The molecule has 0 aliphatic carbocycles. The maximum Gasteiger partial charge on any atom is 0.255 e. The van der Waals surface area contributed by atoms with Gasteiger partial charge in [-0.1, -0.05) is 0 Å². The van der Waals surface area contributed by atoms with Crippen LogP contribution in [0.3, 0.4) is 0 Å². The van der Waals surface area contributed by atoms with Crippen molar-refractivity contribution in [3.8, 4) is 0 Å². The first kappa shape index (κ1) is 10.7. The van der Waals surface area contributed by atoms with E-state index in [1.54, 1.807) is 24.5 Å². The lowest BCUT2D eigenvalue weighted by Gasteiger charge is -2.16. The van der Waals surface area contributed by atoms with Crippen LogP contribution in [0.25, 0.3) is 11.0 Å². The van der Waals surface area contributed by atoms with Crippen molar-refractivity contribution in [2.45, 2.75) is 19.4 Å². The molecule has 0 spiro atoms.